The molecule has 0 aromatic heterocycles. The molecule has 1 spiro atoms. The maximum Gasteiger partial charge on any atom is 0.0309 e. The Kier molecular flexibility index (Phi) is 3.76. The first kappa shape index (κ1) is 13.8. The number of hydrogen-bond donors (Lipinski definition) is 1. The van der Waals surface area contributed by atoms with E-state index < -0.39 is 0 Å². The van der Waals surface area contributed by atoms with Crippen LogP contribution in [-0.4, -0.2) is 36.1 Å². The minimum Gasteiger partial charge on any atom is -0.309 e. The third-order valence-electron chi connectivity index (χ3n) is 6.05. The van der Waals surface area contributed by atoms with Gasteiger partial charge < -0.3 is 5.32 Å². The van der Waals surface area contributed by atoms with Crippen LogP contribution in [-0.2, 0) is 12.8 Å². The lowest BCUT2D eigenvalue weighted by molar-refractivity contribution is 0.0627. The Labute approximate surface area is 128 Å². The van der Waals surface area contributed by atoms with Gasteiger partial charge in [-0.3, -0.25) is 4.90 Å². The molecule has 1 N–H and O–H groups in total. The minimum absolute atomic E-state index is 0.452. The highest BCUT2D eigenvalue weighted by molar-refractivity contribution is 5.30. The van der Waals surface area contributed by atoms with E-state index in [-0.39, 0.29) is 0 Å². The SMILES string of the molecule is c1ccc2c(c1)CCC(N1CCNC3(CCCCC3)C1)C2. The summed E-state index contributed by atoms with van der Waals surface area (Å²) >= 11 is 0. The first-order valence-corrected chi connectivity index (χ1v) is 8.91. The second kappa shape index (κ2) is 5.73. The molecule has 2 fully saturated rings. The average Bonchev–Trinajstić information content (AvgIpc) is 2.55. The van der Waals surface area contributed by atoms with E-state index in [1.807, 2.05) is 0 Å². The summed E-state index contributed by atoms with van der Waals surface area (Å²) in [5.41, 5.74) is 3.65. The normalized spacial score (nSPS) is 29.2. The van der Waals surface area contributed by atoms with Crippen molar-refractivity contribution in [1.82, 2.24) is 10.2 Å². The molecule has 21 heavy (non-hydrogen) atoms. The molecule has 114 valence electrons. The lowest BCUT2D eigenvalue weighted by Crippen LogP contribution is -2.63. The van der Waals surface area contributed by atoms with Gasteiger partial charge in [0.25, 0.3) is 0 Å². The van der Waals surface area contributed by atoms with Crippen molar-refractivity contribution in [2.45, 2.75) is 62.9 Å². The monoisotopic (exact) mass is 284 g/mol. The molecule has 2 nitrogen and oxygen atoms in total. The van der Waals surface area contributed by atoms with Gasteiger partial charge in [0.2, 0.25) is 0 Å². The summed E-state index contributed by atoms with van der Waals surface area (Å²) in [5.74, 6) is 0. The molecule has 2 aliphatic carbocycles. The van der Waals surface area contributed by atoms with E-state index in [0.717, 1.165) is 6.04 Å². The van der Waals surface area contributed by atoms with Gasteiger partial charge in [0, 0.05) is 31.2 Å². The largest absolute Gasteiger partial charge is 0.309 e. The third kappa shape index (κ3) is 2.76. The number of fused-ring (bicyclic) bond motifs is 1. The van der Waals surface area contributed by atoms with Crippen molar-refractivity contribution in [1.29, 1.82) is 0 Å². The van der Waals surface area contributed by atoms with Gasteiger partial charge in [-0.25, -0.2) is 0 Å². The highest BCUT2D eigenvalue weighted by atomic mass is 15.2. The topological polar surface area (TPSA) is 15.3 Å². The minimum atomic E-state index is 0.452. The molecule has 1 aromatic rings. The summed E-state index contributed by atoms with van der Waals surface area (Å²) in [7, 11) is 0. The number of aryl methyl sites for hydroxylation is 1. The van der Waals surface area contributed by atoms with Crippen molar-refractivity contribution in [3.05, 3.63) is 35.4 Å². The predicted octanol–water partition coefficient (Wildman–Crippen LogP) is 3.15. The third-order valence-corrected chi connectivity index (χ3v) is 6.05. The summed E-state index contributed by atoms with van der Waals surface area (Å²) < 4.78 is 0. The molecule has 1 aliphatic heterocycles. The van der Waals surface area contributed by atoms with E-state index in [1.54, 1.807) is 11.1 Å². The Morgan fingerprint density at radius 3 is 2.71 bits per heavy atom. The molecule has 1 saturated heterocycles. The molecule has 1 unspecified atom stereocenters. The van der Waals surface area contributed by atoms with Crippen LogP contribution in [0.3, 0.4) is 0 Å². The van der Waals surface area contributed by atoms with E-state index in [1.165, 1.54) is 71.0 Å². The van der Waals surface area contributed by atoms with Crippen molar-refractivity contribution < 1.29 is 0 Å². The average molecular weight is 284 g/mol. The zero-order valence-electron chi connectivity index (χ0n) is 13.1. The summed E-state index contributed by atoms with van der Waals surface area (Å²) in [6.45, 7) is 3.73. The summed E-state index contributed by atoms with van der Waals surface area (Å²) in [5, 5.41) is 3.88. The molecular formula is C19H28N2. The smallest absolute Gasteiger partial charge is 0.0309 e. The highest BCUT2D eigenvalue weighted by Crippen LogP contribution is 2.33. The molecular weight excluding hydrogens is 256 g/mol. The summed E-state index contributed by atoms with van der Waals surface area (Å²) in [6, 6.07) is 9.86. The molecule has 1 atom stereocenters. The number of nitrogens with zero attached hydrogens (tertiary/aromatic N) is 1. The van der Waals surface area contributed by atoms with Gasteiger partial charge in [0.15, 0.2) is 0 Å². The Hall–Kier alpha value is -0.860. The molecule has 4 rings (SSSR count). The van der Waals surface area contributed by atoms with Crippen LogP contribution in [0.5, 0.6) is 0 Å². The van der Waals surface area contributed by atoms with Gasteiger partial charge in [0.1, 0.15) is 0 Å². The molecule has 0 radical (unpaired) electrons. The van der Waals surface area contributed by atoms with Gasteiger partial charge in [0.05, 0.1) is 0 Å². The quantitative estimate of drug-likeness (QED) is 0.852. The van der Waals surface area contributed by atoms with Crippen LogP contribution >= 0.6 is 0 Å². The zero-order chi connectivity index (χ0) is 14.1. The molecule has 0 bridgehead atoms. The second-order valence-corrected chi connectivity index (χ2v) is 7.40. The Morgan fingerprint density at radius 2 is 1.86 bits per heavy atom. The maximum absolute atomic E-state index is 3.88. The fourth-order valence-electron chi connectivity index (χ4n) is 4.85. The molecule has 1 aromatic carbocycles. The van der Waals surface area contributed by atoms with Gasteiger partial charge >= 0.3 is 0 Å². The van der Waals surface area contributed by atoms with E-state index in [0.29, 0.717) is 5.54 Å². The van der Waals surface area contributed by atoms with E-state index in [4.69, 9.17) is 0 Å². The lowest BCUT2D eigenvalue weighted by atomic mass is 9.79. The van der Waals surface area contributed by atoms with Crippen molar-refractivity contribution >= 4 is 0 Å². The standard InChI is InChI=1S/C19H28N2/c1-4-10-19(11-5-1)15-21(13-12-20-19)18-9-8-16-6-2-3-7-17(16)14-18/h2-3,6-7,18,20H,1,4-5,8-15H2. The van der Waals surface area contributed by atoms with Crippen LogP contribution in [0.25, 0.3) is 0 Å². The molecule has 1 heterocycles. The summed E-state index contributed by atoms with van der Waals surface area (Å²) in [4.78, 5) is 2.82. The predicted molar refractivity (Wildman–Crippen MR) is 87.6 cm³/mol. The number of hydrogen-bond acceptors (Lipinski definition) is 2. The van der Waals surface area contributed by atoms with Crippen molar-refractivity contribution in [3.63, 3.8) is 0 Å². The van der Waals surface area contributed by atoms with Crippen LogP contribution in [0.15, 0.2) is 24.3 Å². The molecule has 1 saturated carbocycles. The van der Waals surface area contributed by atoms with Crippen molar-refractivity contribution in [2.75, 3.05) is 19.6 Å². The van der Waals surface area contributed by atoms with Crippen LogP contribution in [0, 0.1) is 0 Å². The van der Waals surface area contributed by atoms with Gasteiger partial charge in [-0.2, -0.15) is 0 Å². The zero-order valence-corrected chi connectivity index (χ0v) is 13.1. The first-order valence-electron chi connectivity index (χ1n) is 8.91. The Balaban J connectivity index is 1.47. The Morgan fingerprint density at radius 1 is 1.05 bits per heavy atom. The fourth-order valence-corrected chi connectivity index (χ4v) is 4.85. The first-order chi connectivity index (χ1) is 10.3. The molecule has 0 amide bonds. The van der Waals surface area contributed by atoms with Crippen LogP contribution in [0.4, 0.5) is 0 Å². The van der Waals surface area contributed by atoms with Gasteiger partial charge in [-0.05, 0) is 43.2 Å². The lowest BCUT2D eigenvalue weighted by Gasteiger charge is -2.49. The van der Waals surface area contributed by atoms with Gasteiger partial charge in [-0.1, -0.05) is 43.5 Å². The maximum atomic E-state index is 3.88. The van der Waals surface area contributed by atoms with Crippen LogP contribution in [0.2, 0.25) is 0 Å². The van der Waals surface area contributed by atoms with Gasteiger partial charge in [-0.15, -0.1) is 0 Å². The number of piperazine rings is 1. The number of rotatable bonds is 1. The van der Waals surface area contributed by atoms with Crippen LogP contribution < -0.4 is 5.32 Å². The van der Waals surface area contributed by atoms with E-state index in [9.17, 15) is 0 Å². The highest BCUT2D eigenvalue weighted by Gasteiger charge is 2.38. The van der Waals surface area contributed by atoms with Crippen molar-refractivity contribution in [3.8, 4) is 0 Å². The van der Waals surface area contributed by atoms with Crippen molar-refractivity contribution in [2.24, 2.45) is 0 Å². The number of nitrogens with one attached hydrogen (secondary N) is 1. The van der Waals surface area contributed by atoms with E-state index in [2.05, 4.69) is 34.5 Å². The Bertz CT molecular complexity index is 485. The molecule has 2 heteroatoms. The fraction of sp³-hybridized carbons (Fsp3) is 0.684. The van der Waals surface area contributed by atoms with E-state index >= 15 is 0 Å². The second-order valence-electron chi connectivity index (χ2n) is 7.40. The molecule has 3 aliphatic rings. The summed E-state index contributed by atoms with van der Waals surface area (Å²) in [6.07, 6.45) is 11.0. The number of benzene rings is 1. The van der Waals surface area contributed by atoms with Crippen LogP contribution in [0.1, 0.15) is 49.7 Å².